The lowest BCUT2D eigenvalue weighted by Gasteiger charge is -2.27. The highest BCUT2D eigenvalue weighted by Crippen LogP contribution is 2.33. The van der Waals surface area contributed by atoms with Gasteiger partial charge in [0.2, 0.25) is 26.0 Å². The molecule has 1 aliphatic heterocycles. The lowest BCUT2D eigenvalue weighted by molar-refractivity contribution is -0.114. The fourth-order valence-electron chi connectivity index (χ4n) is 3.59. The molecular formula is C22H29N3O9S2. The first-order valence-electron chi connectivity index (χ1n) is 10.8. The Hall–Kier alpha value is -3.07. The minimum absolute atomic E-state index is 0.114. The smallest absolute Gasteiger partial charge is 0.246 e. The van der Waals surface area contributed by atoms with E-state index in [0.29, 0.717) is 5.75 Å². The van der Waals surface area contributed by atoms with Crippen LogP contribution in [0.5, 0.6) is 17.2 Å². The van der Waals surface area contributed by atoms with E-state index in [4.69, 9.17) is 18.9 Å². The van der Waals surface area contributed by atoms with Crippen molar-refractivity contribution in [2.45, 2.75) is 4.90 Å². The Kier molecular flexibility index (Phi) is 8.66. The Labute approximate surface area is 210 Å². The summed E-state index contributed by atoms with van der Waals surface area (Å²) in [6, 6.07) is 8.62. The van der Waals surface area contributed by atoms with Gasteiger partial charge in [0.25, 0.3) is 0 Å². The highest BCUT2D eigenvalue weighted by Gasteiger charge is 2.30. The number of ether oxygens (including phenoxy) is 4. The second-order valence-electron chi connectivity index (χ2n) is 7.74. The van der Waals surface area contributed by atoms with E-state index in [0.717, 1.165) is 10.6 Å². The second kappa shape index (κ2) is 11.3. The van der Waals surface area contributed by atoms with Gasteiger partial charge in [0.1, 0.15) is 17.2 Å². The third-order valence-corrected chi connectivity index (χ3v) is 8.44. The van der Waals surface area contributed by atoms with E-state index in [9.17, 15) is 21.6 Å². The summed E-state index contributed by atoms with van der Waals surface area (Å²) in [6.45, 7) is 0.365. The molecule has 2 aromatic carbocycles. The molecule has 1 heterocycles. The predicted molar refractivity (Wildman–Crippen MR) is 133 cm³/mol. The Morgan fingerprint density at radius 2 is 1.56 bits per heavy atom. The number of amides is 1. The Morgan fingerprint density at radius 3 is 2.14 bits per heavy atom. The molecular weight excluding hydrogens is 514 g/mol. The average molecular weight is 544 g/mol. The third-order valence-electron chi connectivity index (χ3n) is 5.38. The molecule has 0 bridgehead atoms. The van der Waals surface area contributed by atoms with Gasteiger partial charge in [-0.25, -0.2) is 16.8 Å². The number of rotatable bonds is 10. The number of hydrogen-bond acceptors (Lipinski definition) is 9. The Bertz CT molecular complexity index is 1310. The molecule has 1 saturated heterocycles. The fraction of sp³-hybridized carbons (Fsp3) is 0.409. The van der Waals surface area contributed by atoms with Crippen molar-refractivity contribution in [3.63, 3.8) is 0 Å². The summed E-state index contributed by atoms with van der Waals surface area (Å²) in [5.74, 6) is 0.112. The van der Waals surface area contributed by atoms with Crippen molar-refractivity contribution in [3.8, 4) is 17.2 Å². The topological polar surface area (TPSA) is 141 Å². The van der Waals surface area contributed by atoms with Gasteiger partial charge in [-0.05, 0) is 30.3 Å². The number of carbonyl (C=O) groups excluding carboxylic acids is 1. The Balaban J connectivity index is 1.87. The van der Waals surface area contributed by atoms with Crippen LogP contribution in [0.15, 0.2) is 41.3 Å². The van der Waals surface area contributed by atoms with Crippen molar-refractivity contribution in [2.75, 3.05) is 70.1 Å². The standard InChI is InChI=1S/C22H29N3O9S2/c1-31-18-8-6-17(14-20(18)33-3)25(35(4,27)28)15-22(26)23-16-5-7-19(32-2)21(13-16)36(29,30)24-9-11-34-12-10-24/h5-8,13-14H,9-12,15H2,1-4H3,(H,23,26). The molecule has 14 heteroatoms. The maximum Gasteiger partial charge on any atom is 0.246 e. The van der Waals surface area contributed by atoms with Crippen LogP contribution in [-0.4, -0.2) is 87.5 Å². The molecule has 0 spiro atoms. The van der Waals surface area contributed by atoms with Gasteiger partial charge in [0.05, 0.1) is 46.5 Å². The van der Waals surface area contributed by atoms with E-state index in [-0.39, 0.29) is 54.1 Å². The van der Waals surface area contributed by atoms with E-state index in [1.54, 1.807) is 0 Å². The van der Waals surface area contributed by atoms with Gasteiger partial charge >= 0.3 is 0 Å². The SMILES string of the molecule is COc1ccc(N(CC(=O)Nc2ccc(OC)c(S(=O)(=O)N3CCOCC3)c2)S(C)(=O)=O)cc1OC. The van der Waals surface area contributed by atoms with Crippen LogP contribution in [0.1, 0.15) is 0 Å². The molecule has 0 aliphatic carbocycles. The van der Waals surface area contributed by atoms with Crippen LogP contribution < -0.4 is 23.8 Å². The average Bonchev–Trinajstić information content (AvgIpc) is 2.86. The van der Waals surface area contributed by atoms with Crippen molar-refractivity contribution >= 4 is 37.3 Å². The first kappa shape index (κ1) is 27.5. The van der Waals surface area contributed by atoms with Gasteiger partial charge in [0, 0.05) is 24.8 Å². The number of nitrogens with one attached hydrogen (secondary N) is 1. The minimum Gasteiger partial charge on any atom is -0.495 e. The molecule has 0 atom stereocenters. The third kappa shape index (κ3) is 6.19. The largest absolute Gasteiger partial charge is 0.495 e. The molecule has 12 nitrogen and oxygen atoms in total. The molecule has 1 fully saturated rings. The molecule has 1 amide bonds. The van der Waals surface area contributed by atoms with Crippen molar-refractivity contribution in [1.82, 2.24) is 4.31 Å². The van der Waals surface area contributed by atoms with Gasteiger partial charge in [-0.15, -0.1) is 0 Å². The zero-order valence-electron chi connectivity index (χ0n) is 20.4. The van der Waals surface area contributed by atoms with Crippen LogP contribution in [-0.2, 0) is 29.6 Å². The summed E-state index contributed by atoms with van der Waals surface area (Å²) >= 11 is 0. The maximum absolute atomic E-state index is 13.2. The monoisotopic (exact) mass is 543 g/mol. The van der Waals surface area contributed by atoms with Crippen LogP contribution in [0.4, 0.5) is 11.4 Å². The number of hydrogen-bond donors (Lipinski definition) is 1. The maximum atomic E-state index is 13.2. The van der Waals surface area contributed by atoms with Gasteiger partial charge in [-0.1, -0.05) is 0 Å². The van der Waals surface area contributed by atoms with E-state index < -0.39 is 32.5 Å². The van der Waals surface area contributed by atoms with E-state index in [1.807, 2.05) is 0 Å². The number of benzene rings is 2. The molecule has 198 valence electrons. The van der Waals surface area contributed by atoms with E-state index in [1.165, 1.54) is 62.0 Å². The Morgan fingerprint density at radius 1 is 0.944 bits per heavy atom. The predicted octanol–water partition coefficient (Wildman–Crippen LogP) is 1.14. The van der Waals surface area contributed by atoms with Crippen LogP contribution >= 0.6 is 0 Å². The molecule has 1 N–H and O–H groups in total. The van der Waals surface area contributed by atoms with E-state index in [2.05, 4.69) is 5.32 Å². The lowest BCUT2D eigenvalue weighted by Crippen LogP contribution is -2.40. The number of nitrogens with zero attached hydrogens (tertiary/aromatic N) is 2. The minimum atomic E-state index is -3.92. The van der Waals surface area contributed by atoms with Gasteiger partial charge < -0.3 is 24.3 Å². The van der Waals surface area contributed by atoms with Crippen LogP contribution in [0, 0.1) is 0 Å². The summed E-state index contributed by atoms with van der Waals surface area (Å²) in [5.41, 5.74) is 0.351. The molecule has 1 aliphatic rings. The van der Waals surface area contributed by atoms with Crippen LogP contribution in [0.3, 0.4) is 0 Å². The molecule has 0 unspecified atom stereocenters. The van der Waals surface area contributed by atoms with Crippen molar-refractivity contribution < 1.29 is 40.6 Å². The zero-order valence-corrected chi connectivity index (χ0v) is 22.0. The number of sulfonamides is 2. The highest BCUT2D eigenvalue weighted by molar-refractivity contribution is 7.92. The van der Waals surface area contributed by atoms with Crippen molar-refractivity contribution in [1.29, 1.82) is 0 Å². The summed E-state index contributed by atoms with van der Waals surface area (Å²) < 4.78 is 74.4. The molecule has 0 saturated carbocycles. The van der Waals surface area contributed by atoms with Crippen LogP contribution in [0.25, 0.3) is 0 Å². The number of methoxy groups -OCH3 is 3. The van der Waals surface area contributed by atoms with E-state index >= 15 is 0 Å². The number of carbonyl (C=O) groups is 1. The molecule has 0 radical (unpaired) electrons. The quantitative estimate of drug-likeness (QED) is 0.467. The lowest BCUT2D eigenvalue weighted by atomic mass is 10.2. The molecule has 0 aromatic heterocycles. The fourth-order valence-corrected chi connectivity index (χ4v) is 6.03. The zero-order chi connectivity index (χ0) is 26.5. The van der Waals surface area contributed by atoms with Gasteiger partial charge in [-0.3, -0.25) is 9.10 Å². The summed E-state index contributed by atoms with van der Waals surface area (Å²) in [5, 5.41) is 2.57. The molecule has 2 aromatic rings. The van der Waals surface area contributed by atoms with Gasteiger partial charge in [-0.2, -0.15) is 4.31 Å². The van der Waals surface area contributed by atoms with Crippen molar-refractivity contribution in [2.24, 2.45) is 0 Å². The molecule has 3 rings (SSSR count). The van der Waals surface area contributed by atoms with Gasteiger partial charge in [0.15, 0.2) is 11.5 Å². The number of morpholine rings is 1. The second-order valence-corrected chi connectivity index (χ2v) is 11.6. The summed E-state index contributed by atoms with van der Waals surface area (Å²) in [7, 11) is -3.59. The number of anilines is 2. The normalized spacial score (nSPS) is 14.7. The van der Waals surface area contributed by atoms with Crippen molar-refractivity contribution in [3.05, 3.63) is 36.4 Å². The molecule has 36 heavy (non-hydrogen) atoms. The highest BCUT2D eigenvalue weighted by atomic mass is 32.2. The first-order valence-corrected chi connectivity index (χ1v) is 14.1. The summed E-state index contributed by atoms with van der Waals surface area (Å²) in [6.07, 6.45) is 0.970. The van der Waals surface area contributed by atoms with Crippen LogP contribution in [0.2, 0.25) is 0 Å². The first-order chi connectivity index (χ1) is 17.0. The summed E-state index contributed by atoms with van der Waals surface area (Å²) in [4.78, 5) is 12.7.